The summed E-state index contributed by atoms with van der Waals surface area (Å²) in [6.07, 6.45) is 6.29. The van der Waals surface area contributed by atoms with Crippen LogP contribution in [0.25, 0.3) is 0 Å². The Bertz CT molecular complexity index is 337. The van der Waals surface area contributed by atoms with Crippen molar-refractivity contribution in [1.29, 1.82) is 0 Å². The highest BCUT2D eigenvalue weighted by Gasteiger charge is 2.23. The quantitative estimate of drug-likeness (QED) is 0.704. The molecule has 0 aromatic carbocycles. The smallest absolute Gasteiger partial charge is 0.177 e. The minimum atomic E-state index is 0.267. The molecule has 4 nitrogen and oxygen atoms in total. The molecule has 0 fully saturated rings. The van der Waals surface area contributed by atoms with E-state index in [2.05, 4.69) is 52.7 Å². The van der Waals surface area contributed by atoms with Gasteiger partial charge in [0, 0.05) is 5.92 Å². The Morgan fingerprint density at radius 3 is 3.00 bits per heavy atom. The highest BCUT2D eigenvalue weighted by Crippen LogP contribution is 2.31. The van der Waals surface area contributed by atoms with Crippen LogP contribution in [-0.2, 0) is 0 Å². The Morgan fingerprint density at radius 1 is 1.46 bits per heavy atom. The van der Waals surface area contributed by atoms with Gasteiger partial charge in [0.2, 0.25) is 0 Å². The van der Waals surface area contributed by atoms with E-state index in [4.69, 9.17) is 0 Å². The topological polar surface area (TPSA) is 54.5 Å². The first kappa shape index (κ1) is 8.16. The van der Waals surface area contributed by atoms with Crippen LogP contribution in [0.15, 0.2) is 23.8 Å². The number of nitrogens with one attached hydrogen (secondary N) is 1. The Morgan fingerprint density at radius 2 is 2.31 bits per heavy atom. The van der Waals surface area contributed by atoms with Crippen molar-refractivity contribution >= 4 is 0 Å². The molecule has 0 spiro atoms. The zero-order valence-electron chi connectivity index (χ0n) is 7.73. The van der Waals surface area contributed by atoms with Gasteiger partial charge in [-0.3, -0.25) is 0 Å². The maximum atomic E-state index is 4.00. The summed E-state index contributed by atoms with van der Waals surface area (Å²) in [5, 5.41) is 14.0. The van der Waals surface area contributed by atoms with Crippen LogP contribution in [0.3, 0.4) is 0 Å². The Kier molecular flexibility index (Phi) is 1.96. The lowest BCUT2D eigenvalue weighted by Crippen LogP contribution is -2.12. The van der Waals surface area contributed by atoms with Gasteiger partial charge in [0.05, 0.1) is 0 Å². The minimum absolute atomic E-state index is 0.267. The number of hydrogen-bond donors (Lipinski definition) is 1. The summed E-state index contributed by atoms with van der Waals surface area (Å²) >= 11 is 0. The molecule has 4 heteroatoms. The van der Waals surface area contributed by atoms with E-state index in [0.717, 1.165) is 5.82 Å². The van der Waals surface area contributed by atoms with Crippen LogP contribution in [0.2, 0.25) is 0 Å². The van der Waals surface area contributed by atoms with Gasteiger partial charge in [0.25, 0.3) is 0 Å². The Hall–Kier alpha value is -1.45. The molecule has 1 aromatic rings. The first-order valence-corrected chi connectivity index (χ1v) is 4.37. The fourth-order valence-corrected chi connectivity index (χ4v) is 1.55. The Labute approximate surface area is 76.7 Å². The summed E-state index contributed by atoms with van der Waals surface area (Å²) in [6, 6.07) is 0. The van der Waals surface area contributed by atoms with Crippen molar-refractivity contribution in [3.63, 3.8) is 0 Å². The van der Waals surface area contributed by atoms with Gasteiger partial charge in [-0.05, 0) is 12.8 Å². The lowest BCUT2D eigenvalue weighted by atomic mass is 9.84. The molecule has 0 aliphatic heterocycles. The maximum absolute atomic E-state index is 4.00. The van der Waals surface area contributed by atoms with Crippen molar-refractivity contribution in [2.75, 3.05) is 0 Å². The predicted octanol–water partition coefficient (Wildman–Crippen LogP) is 1.44. The fourth-order valence-electron chi connectivity index (χ4n) is 1.55. The van der Waals surface area contributed by atoms with E-state index in [0.29, 0.717) is 5.92 Å². The average molecular weight is 176 g/mol. The standard InChI is InChI=1S/C9H12N4/c1-6-4-3-5-8(7(6)2)9-10-12-13-11-9/h3-5,7-8H,1-2H3,(H,10,11,12,13). The van der Waals surface area contributed by atoms with Crippen molar-refractivity contribution < 1.29 is 0 Å². The van der Waals surface area contributed by atoms with Crippen molar-refractivity contribution in [2.45, 2.75) is 19.8 Å². The second-order valence-electron chi connectivity index (χ2n) is 3.38. The highest BCUT2D eigenvalue weighted by molar-refractivity contribution is 5.26. The predicted molar refractivity (Wildman–Crippen MR) is 49.0 cm³/mol. The summed E-state index contributed by atoms with van der Waals surface area (Å²) in [5.41, 5.74) is 1.36. The highest BCUT2D eigenvalue weighted by atomic mass is 15.5. The number of allylic oxidation sites excluding steroid dienone is 4. The van der Waals surface area contributed by atoms with Crippen LogP contribution in [0, 0.1) is 5.92 Å². The number of tetrazole rings is 1. The lowest BCUT2D eigenvalue weighted by Gasteiger charge is -2.21. The zero-order chi connectivity index (χ0) is 9.26. The van der Waals surface area contributed by atoms with Gasteiger partial charge >= 0.3 is 0 Å². The molecule has 1 aromatic heterocycles. The van der Waals surface area contributed by atoms with Crippen molar-refractivity contribution in [1.82, 2.24) is 20.6 Å². The van der Waals surface area contributed by atoms with E-state index >= 15 is 0 Å². The van der Waals surface area contributed by atoms with E-state index in [1.165, 1.54) is 5.57 Å². The number of H-pyrrole nitrogens is 1. The van der Waals surface area contributed by atoms with Crippen LogP contribution in [0.4, 0.5) is 0 Å². The van der Waals surface area contributed by atoms with Crippen LogP contribution < -0.4 is 0 Å². The molecule has 0 radical (unpaired) electrons. The third kappa shape index (κ3) is 1.39. The second kappa shape index (κ2) is 3.12. The molecule has 0 saturated heterocycles. The summed E-state index contributed by atoms with van der Waals surface area (Å²) in [5.74, 6) is 1.50. The van der Waals surface area contributed by atoms with E-state index < -0.39 is 0 Å². The fraction of sp³-hybridized carbons (Fsp3) is 0.444. The molecular formula is C9H12N4. The number of nitrogens with zero attached hydrogens (tertiary/aromatic N) is 3. The molecule has 1 N–H and O–H groups in total. The molecule has 0 amide bonds. The van der Waals surface area contributed by atoms with E-state index in [9.17, 15) is 0 Å². The number of aromatic nitrogens is 4. The molecule has 1 heterocycles. The SMILES string of the molecule is CC1=CC=CC(c2nn[nH]n2)C1C. The maximum Gasteiger partial charge on any atom is 0.181 e. The first-order valence-electron chi connectivity index (χ1n) is 4.37. The second-order valence-corrected chi connectivity index (χ2v) is 3.38. The largest absolute Gasteiger partial charge is 0.181 e. The van der Waals surface area contributed by atoms with E-state index in [1.54, 1.807) is 0 Å². The van der Waals surface area contributed by atoms with Crippen molar-refractivity contribution in [2.24, 2.45) is 5.92 Å². The minimum Gasteiger partial charge on any atom is -0.177 e. The third-order valence-electron chi connectivity index (χ3n) is 2.59. The molecule has 0 saturated carbocycles. The molecule has 68 valence electrons. The van der Waals surface area contributed by atoms with Crippen LogP contribution >= 0.6 is 0 Å². The van der Waals surface area contributed by atoms with Gasteiger partial charge < -0.3 is 0 Å². The molecule has 2 rings (SSSR count). The van der Waals surface area contributed by atoms with Crippen LogP contribution in [0.5, 0.6) is 0 Å². The monoisotopic (exact) mass is 176 g/mol. The molecule has 1 aliphatic carbocycles. The van der Waals surface area contributed by atoms with Crippen LogP contribution in [0.1, 0.15) is 25.6 Å². The summed E-state index contributed by atoms with van der Waals surface area (Å²) in [6.45, 7) is 4.30. The van der Waals surface area contributed by atoms with Crippen molar-refractivity contribution in [3.8, 4) is 0 Å². The average Bonchev–Trinajstić information content (AvgIpc) is 2.62. The summed E-state index contributed by atoms with van der Waals surface area (Å²) in [4.78, 5) is 0. The van der Waals surface area contributed by atoms with Gasteiger partial charge in [-0.2, -0.15) is 5.21 Å². The Balaban J connectivity index is 2.28. The van der Waals surface area contributed by atoms with Crippen molar-refractivity contribution in [3.05, 3.63) is 29.6 Å². The van der Waals surface area contributed by atoms with Crippen LogP contribution in [-0.4, -0.2) is 20.6 Å². The van der Waals surface area contributed by atoms with Gasteiger partial charge in [-0.1, -0.05) is 35.9 Å². The summed E-state index contributed by atoms with van der Waals surface area (Å²) in [7, 11) is 0. The lowest BCUT2D eigenvalue weighted by molar-refractivity contribution is 0.571. The molecular weight excluding hydrogens is 164 g/mol. The zero-order valence-corrected chi connectivity index (χ0v) is 7.73. The number of rotatable bonds is 1. The van der Waals surface area contributed by atoms with E-state index in [-0.39, 0.29) is 5.92 Å². The van der Waals surface area contributed by atoms with Gasteiger partial charge in [-0.25, -0.2) is 0 Å². The molecule has 1 aliphatic rings. The summed E-state index contributed by atoms with van der Waals surface area (Å²) < 4.78 is 0. The first-order chi connectivity index (χ1) is 6.29. The van der Waals surface area contributed by atoms with Gasteiger partial charge in [0.1, 0.15) is 0 Å². The van der Waals surface area contributed by atoms with Gasteiger partial charge in [0.15, 0.2) is 5.82 Å². The normalized spacial score (nSPS) is 27.4. The molecule has 13 heavy (non-hydrogen) atoms. The molecule has 2 atom stereocenters. The van der Waals surface area contributed by atoms with Gasteiger partial charge in [-0.15, -0.1) is 10.2 Å². The number of hydrogen-bond acceptors (Lipinski definition) is 3. The molecule has 0 bridgehead atoms. The third-order valence-corrected chi connectivity index (χ3v) is 2.59. The number of aromatic amines is 1. The molecule has 2 unspecified atom stereocenters. The van der Waals surface area contributed by atoms with E-state index in [1.807, 2.05) is 0 Å².